The molecule has 0 aromatic heterocycles. The van der Waals surface area contributed by atoms with E-state index in [0.717, 1.165) is 12.8 Å². The van der Waals surface area contributed by atoms with Gasteiger partial charge in [-0.1, -0.05) is 13.3 Å². The van der Waals surface area contributed by atoms with E-state index >= 15 is 0 Å². The average molecular weight is 273 g/mol. The number of hydrogen-bond acceptors (Lipinski definition) is 5. The summed E-state index contributed by atoms with van der Waals surface area (Å²) in [7, 11) is 1.42. The van der Waals surface area contributed by atoms with Gasteiger partial charge < -0.3 is 14.2 Å². The zero-order valence-electron chi connectivity index (χ0n) is 11.9. The third-order valence-corrected chi connectivity index (χ3v) is 3.21. The van der Waals surface area contributed by atoms with Crippen molar-refractivity contribution in [3.8, 4) is 0 Å². The van der Waals surface area contributed by atoms with Crippen LogP contribution in [-0.4, -0.2) is 49.6 Å². The molecule has 0 bridgehead atoms. The molecule has 0 aliphatic carbocycles. The number of unbranched alkanes of at least 4 members (excludes halogenated alkanes) is 1. The molecule has 6 nitrogen and oxygen atoms in total. The van der Waals surface area contributed by atoms with Crippen LogP contribution in [0, 0.1) is 0 Å². The third kappa shape index (κ3) is 3.37. The molecule has 1 aliphatic rings. The zero-order valence-corrected chi connectivity index (χ0v) is 11.9. The first-order chi connectivity index (χ1) is 9.12. The van der Waals surface area contributed by atoms with Crippen LogP contribution < -0.4 is 0 Å². The van der Waals surface area contributed by atoms with Gasteiger partial charge in [-0.2, -0.15) is 0 Å². The number of likely N-dealkylation sites (tertiary alicyclic amines) is 1. The molecule has 0 aromatic carbocycles. The van der Waals surface area contributed by atoms with Crippen LogP contribution in [0.5, 0.6) is 0 Å². The maximum atomic E-state index is 12.2. The standard InChI is InChI=1S/C13H23NO5/c1-4-6-10-19-11(15)13(17-3)8-7-9-14(13)12(16)18-5-2/h4-10H2,1-3H3/t13-/m1/s1. The molecule has 1 heterocycles. The van der Waals surface area contributed by atoms with Gasteiger partial charge in [-0.15, -0.1) is 0 Å². The summed E-state index contributed by atoms with van der Waals surface area (Å²) in [6.07, 6.45) is 2.33. The number of ether oxygens (including phenoxy) is 3. The highest BCUT2D eigenvalue weighted by molar-refractivity contribution is 5.85. The molecule has 0 N–H and O–H groups in total. The first-order valence-corrected chi connectivity index (χ1v) is 6.79. The van der Waals surface area contributed by atoms with E-state index < -0.39 is 17.8 Å². The highest BCUT2D eigenvalue weighted by Crippen LogP contribution is 2.32. The summed E-state index contributed by atoms with van der Waals surface area (Å²) in [5, 5.41) is 0. The smallest absolute Gasteiger partial charge is 0.412 e. The van der Waals surface area contributed by atoms with Crippen molar-refractivity contribution < 1.29 is 23.8 Å². The normalized spacial score (nSPS) is 22.4. The number of hydrogen-bond donors (Lipinski definition) is 0. The quantitative estimate of drug-likeness (QED) is 0.546. The van der Waals surface area contributed by atoms with Crippen LogP contribution in [0.2, 0.25) is 0 Å². The van der Waals surface area contributed by atoms with Gasteiger partial charge in [0.05, 0.1) is 13.2 Å². The molecule has 0 saturated carbocycles. The fourth-order valence-corrected chi connectivity index (χ4v) is 2.16. The van der Waals surface area contributed by atoms with E-state index in [1.165, 1.54) is 12.0 Å². The summed E-state index contributed by atoms with van der Waals surface area (Å²) in [6.45, 7) is 4.79. The van der Waals surface area contributed by atoms with Crippen LogP contribution in [0.3, 0.4) is 0 Å². The lowest BCUT2D eigenvalue weighted by molar-refractivity contribution is -0.186. The van der Waals surface area contributed by atoms with Crippen molar-refractivity contribution in [2.45, 2.75) is 45.3 Å². The number of methoxy groups -OCH3 is 1. The van der Waals surface area contributed by atoms with E-state index in [1.54, 1.807) is 6.92 Å². The fraction of sp³-hybridized carbons (Fsp3) is 0.846. The number of rotatable bonds is 6. The predicted octanol–water partition coefficient (Wildman–Crippen LogP) is 1.92. The summed E-state index contributed by atoms with van der Waals surface area (Å²) in [5.41, 5.74) is -1.32. The van der Waals surface area contributed by atoms with Crippen molar-refractivity contribution in [3.05, 3.63) is 0 Å². The Labute approximate surface area is 114 Å². The minimum Gasteiger partial charge on any atom is -0.462 e. The highest BCUT2D eigenvalue weighted by Gasteiger charge is 2.52. The summed E-state index contributed by atoms with van der Waals surface area (Å²) in [5.74, 6) is -0.506. The summed E-state index contributed by atoms with van der Waals surface area (Å²) in [6, 6.07) is 0. The summed E-state index contributed by atoms with van der Waals surface area (Å²) < 4.78 is 15.5. The van der Waals surface area contributed by atoms with Crippen molar-refractivity contribution in [3.63, 3.8) is 0 Å². The number of carbonyl (C=O) groups excluding carboxylic acids is 2. The second kappa shape index (κ2) is 7.33. The van der Waals surface area contributed by atoms with Gasteiger partial charge in [0.2, 0.25) is 5.72 Å². The zero-order chi connectivity index (χ0) is 14.3. The third-order valence-electron chi connectivity index (χ3n) is 3.21. The first-order valence-electron chi connectivity index (χ1n) is 6.79. The van der Waals surface area contributed by atoms with Crippen molar-refractivity contribution in [1.82, 2.24) is 4.90 Å². The van der Waals surface area contributed by atoms with Crippen LogP contribution in [0.15, 0.2) is 0 Å². The molecule has 0 radical (unpaired) electrons. The molecule has 0 unspecified atom stereocenters. The van der Waals surface area contributed by atoms with Gasteiger partial charge in [-0.3, -0.25) is 4.90 Å². The Hall–Kier alpha value is -1.30. The maximum absolute atomic E-state index is 12.2. The largest absolute Gasteiger partial charge is 0.462 e. The molecule has 6 heteroatoms. The number of carbonyl (C=O) groups is 2. The first kappa shape index (κ1) is 15.8. The molecule has 1 atom stereocenters. The van der Waals surface area contributed by atoms with E-state index in [4.69, 9.17) is 14.2 Å². The molecule has 19 heavy (non-hydrogen) atoms. The van der Waals surface area contributed by atoms with E-state index in [1.807, 2.05) is 6.92 Å². The van der Waals surface area contributed by atoms with Crippen molar-refractivity contribution >= 4 is 12.1 Å². The predicted molar refractivity (Wildman–Crippen MR) is 68.6 cm³/mol. The molecule has 1 fully saturated rings. The second-order valence-electron chi connectivity index (χ2n) is 4.43. The van der Waals surface area contributed by atoms with Gasteiger partial charge in [0.25, 0.3) is 0 Å². The molecule has 1 saturated heterocycles. The Bertz CT molecular complexity index is 320. The molecule has 1 amide bonds. The summed E-state index contributed by atoms with van der Waals surface area (Å²) >= 11 is 0. The van der Waals surface area contributed by atoms with Crippen molar-refractivity contribution in [1.29, 1.82) is 0 Å². The van der Waals surface area contributed by atoms with E-state index in [-0.39, 0.29) is 6.61 Å². The Morgan fingerprint density at radius 1 is 1.26 bits per heavy atom. The van der Waals surface area contributed by atoms with Gasteiger partial charge in [0, 0.05) is 20.1 Å². The molecule has 1 aliphatic heterocycles. The van der Waals surface area contributed by atoms with Crippen LogP contribution in [-0.2, 0) is 19.0 Å². The van der Waals surface area contributed by atoms with Gasteiger partial charge in [-0.05, 0) is 19.8 Å². The van der Waals surface area contributed by atoms with E-state index in [2.05, 4.69) is 0 Å². The maximum Gasteiger partial charge on any atom is 0.412 e. The highest BCUT2D eigenvalue weighted by atomic mass is 16.6. The van der Waals surface area contributed by atoms with Gasteiger partial charge in [0.15, 0.2) is 0 Å². The van der Waals surface area contributed by atoms with Crippen LogP contribution in [0.1, 0.15) is 39.5 Å². The second-order valence-corrected chi connectivity index (χ2v) is 4.43. The monoisotopic (exact) mass is 273 g/mol. The Kier molecular flexibility index (Phi) is 6.08. The number of amides is 1. The molecule has 1 rings (SSSR count). The molecule has 110 valence electrons. The number of nitrogens with zero attached hydrogens (tertiary/aromatic N) is 1. The Morgan fingerprint density at radius 3 is 2.58 bits per heavy atom. The molecular weight excluding hydrogens is 250 g/mol. The Balaban J connectivity index is 2.76. The van der Waals surface area contributed by atoms with Crippen LogP contribution >= 0.6 is 0 Å². The van der Waals surface area contributed by atoms with Crippen LogP contribution in [0.25, 0.3) is 0 Å². The molecular formula is C13H23NO5. The minimum absolute atomic E-state index is 0.264. The minimum atomic E-state index is -1.32. The van der Waals surface area contributed by atoms with E-state index in [9.17, 15) is 9.59 Å². The van der Waals surface area contributed by atoms with Gasteiger partial charge >= 0.3 is 12.1 Å². The lowest BCUT2D eigenvalue weighted by atomic mass is 10.1. The molecule has 0 spiro atoms. The van der Waals surface area contributed by atoms with Crippen molar-refractivity contribution in [2.24, 2.45) is 0 Å². The summed E-state index contributed by atoms with van der Waals surface area (Å²) in [4.78, 5) is 25.4. The van der Waals surface area contributed by atoms with Gasteiger partial charge in [0.1, 0.15) is 0 Å². The van der Waals surface area contributed by atoms with E-state index in [0.29, 0.717) is 26.0 Å². The average Bonchev–Trinajstić information content (AvgIpc) is 2.84. The Morgan fingerprint density at radius 2 is 2.00 bits per heavy atom. The number of esters is 1. The fourth-order valence-electron chi connectivity index (χ4n) is 2.16. The molecule has 0 aromatic rings. The lowest BCUT2D eigenvalue weighted by Crippen LogP contribution is -2.55. The van der Waals surface area contributed by atoms with Gasteiger partial charge in [-0.25, -0.2) is 9.59 Å². The SMILES string of the molecule is CCCCOC(=O)[C@]1(OC)CCCN1C(=O)OCC. The van der Waals surface area contributed by atoms with Crippen LogP contribution in [0.4, 0.5) is 4.79 Å². The topological polar surface area (TPSA) is 65.1 Å². The lowest BCUT2D eigenvalue weighted by Gasteiger charge is -2.33. The van der Waals surface area contributed by atoms with Crippen molar-refractivity contribution in [2.75, 3.05) is 26.9 Å².